The molecule has 1 heterocycles. The summed E-state index contributed by atoms with van der Waals surface area (Å²) >= 11 is 0. The van der Waals surface area contributed by atoms with Crippen LogP contribution in [0.4, 0.5) is 0 Å². The summed E-state index contributed by atoms with van der Waals surface area (Å²) in [6, 6.07) is 10.4. The topological polar surface area (TPSA) is 49.4 Å². The molecule has 1 aliphatic heterocycles. The van der Waals surface area contributed by atoms with E-state index in [-0.39, 0.29) is 18.4 Å². The van der Waals surface area contributed by atoms with Gasteiger partial charge < -0.3 is 10.2 Å². The van der Waals surface area contributed by atoms with Crippen LogP contribution in [0.1, 0.15) is 24.8 Å². The van der Waals surface area contributed by atoms with Crippen molar-refractivity contribution in [3.63, 3.8) is 0 Å². The highest BCUT2D eigenvalue weighted by atomic mass is 16.2. The van der Waals surface area contributed by atoms with E-state index in [1.54, 1.807) is 4.90 Å². The first kappa shape index (κ1) is 13.6. The van der Waals surface area contributed by atoms with E-state index in [9.17, 15) is 9.59 Å². The van der Waals surface area contributed by atoms with Crippen LogP contribution in [0.5, 0.6) is 0 Å². The fourth-order valence-electron chi connectivity index (χ4n) is 2.25. The lowest BCUT2D eigenvalue weighted by atomic mass is 10.1. The van der Waals surface area contributed by atoms with Gasteiger partial charge in [0.05, 0.1) is 6.54 Å². The maximum absolute atomic E-state index is 11.7. The molecule has 0 saturated carbocycles. The first-order valence-electron chi connectivity index (χ1n) is 6.84. The summed E-state index contributed by atoms with van der Waals surface area (Å²) in [6.45, 7) is 1.45. The highest BCUT2D eigenvalue weighted by Gasteiger charge is 2.19. The molecule has 0 spiro atoms. The molecule has 1 aromatic rings. The summed E-state index contributed by atoms with van der Waals surface area (Å²) in [5, 5.41) is 2.61. The largest absolute Gasteiger partial charge is 0.347 e. The normalized spacial score (nSPS) is 16.1. The Morgan fingerprint density at radius 2 is 1.89 bits per heavy atom. The number of rotatable bonds is 5. The average Bonchev–Trinajstić information content (AvgIpc) is 2.59. The van der Waals surface area contributed by atoms with E-state index in [1.807, 2.05) is 18.2 Å². The van der Waals surface area contributed by atoms with Crippen molar-refractivity contribution in [2.45, 2.75) is 25.7 Å². The number of aryl methyl sites for hydroxylation is 1. The Labute approximate surface area is 113 Å². The Kier molecular flexibility index (Phi) is 4.95. The van der Waals surface area contributed by atoms with Crippen molar-refractivity contribution in [3.05, 3.63) is 35.9 Å². The number of hydrogen-bond acceptors (Lipinski definition) is 2. The molecular weight excluding hydrogens is 240 g/mol. The van der Waals surface area contributed by atoms with Crippen LogP contribution < -0.4 is 5.32 Å². The Morgan fingerprint density at radius 1 is 1.11 bits per heavy atom. The van der Waals surface area contributed by atoms with Gasteiger partial charge in [-0.25, -0.2) is 0 Å². The molecule has 0 radical (unpaired) electrons. The number of carbonyl (C=O) groups excluding carboxylic acids is 2. The van der Waals surface area contributed by atoms with Gasteiger partial charge in [-0.05, 0) is 24.8 Å². The fourth-order valence-corrected chi connectivity index (χ4v) is 2.25. The molecule has 1 aliphatic rings. The lowest BCUT2D eigenvalue weighted by Crippen LogP contribution is -2.35. The Hall–Kier alpha value is -1.84. The monoisotopic (exact) mass is 260 g/mol. The van der Waals surface area contributed by atoms with E-state index in [1.165, 1.54) is 5.56 Å². The van der Waals surface area contributed by atoms with E-state index in [0.29, 0.717) is 13.0 Å². The van der Waals surface area contributed by atoms with Crippen molar-refractivity contribution in [1.82, 2.24) is 10.2 Å². The van der Waals surface area contributed by atoms with Gasteiger partial charge in [-0.3, -0.25) is 9.59 Å². The molecular formula is C15H20N2O2. The minimum atomic E-state index is -0.0277. The first-order chi connectivity index (χ1) is 9.25. The second-order valence-electron chi connectivity index (χ2n) is 4.85. The number of unbranched alkanes of at least 4 members (excludes halogenated alkanes) is 1. The number of benzene rings is 1. The molecule has 1 N–H and O–H groups in total. The molecule has 0 aliphatic carbocycles. The van der Waals surface area contributed by atoms with Gasteiger partial charge in [0.2, 0.25) is 11.8 Å². The van der Waals surface area contributed by atoms with E-state index < -0.39 is 0 Å². The van der Waals surface area contributed by atoms with Gasteiger partial charge in [0.1, 0.15) is 0 Å². The van der Waals surface area contributed by atoms with Crippen LogP contribution in [0.15, 0.2) is 30.3 Å². The third-order valence-electron chi connectivity index (χ3n) is 3.38. The number of carbonyl (C=O) groups is 2. The molecule has 1 aromatic carbocycles. The van der Waals surface area contributed by atoms with Crippen molar-refractivity contribution >= 4 is 11.8 Å². The average molecular weight is 260 g/mol. The number of nitrogens with one attached hydrogen (secondary N) is 1. The standard InChI is InChI=1S/C15H20N2O2/c18-14-9-11-17(15(19)12-16-14)10-5-4-8-13-6-2-1-3-7-13/h1-3,6-7H,4-5,8-12H2,(H,16,18). The van der Waals surface area contributed by atoms with Gasteiger partial charge >= 0.3 is 0 Å². The summed E-state index contributed by atoms with van der Waals surface area (Å²) in [7, 11) is 0. The molecule has 102 valence electrons. The predicted molar refractivity (Wildman–Crippen MR) is 73.6 cm³/mol. The second-order valence-corrected chi connectivity index (χ2v) is 4.85. The lowest BCUT2D eigenvalue weighted by Gasteiger charge is -2.19. The van der Waals surface area contributed by atoms with Gasteiger partial charge in [-0.1, -0.05) is 30.3 Å². The van der Waals surface area contributed by atoms with E-state index in [4.69, 9.17) is 0 Å². The van der Waals surface area contributed by atoms with Crippen LogP contribution in [0.25, 0.3) is 0 Å². The molecule has 1 fully saturated rings. The van der Waals surface area contributed by atoms with Gasteiger partial charge in [0.15, 0.2) is 0 Å². The smallest absolute Gasteiger partial charge is 0.241 e. The SMILES string of the molecule is O=C1CCN(CCCCc2ccccc2)C(=O)CN1. The quantitative estimate of drug-likeness (QED) is 0.813. The third kappa shape index (κ3) is 4.39. The number of amides is 2. The molecule has 19 heavy (non-hydrogen) atoms. The van der Waals surface area contributed by atoms with Crippen LogP contribution >= 0.6 is 0 Å². The second kappa shape index (κ2) is 6.92. The van der Waals surface area contributed by atoms with Crippen molar-refractivity contribution in [2.75, 3.05) is 19.6 Å². The zero-order valence-corrected chi connectivity index (χ0v) is 11.1. The Morgan fingerprint density at radius 3 is 2.68 bits per heavy atom. The van der Waals surface area contributed by atoms with Crippen molar-refractivity contribution in [1.29, 1.82) is 0 Å². The molecule has 1 saturated heterocycles. The van der Waals surface area contributed by atoms with Gasteiger partial charge in [-0.2, -0.15) is 0 Å². The van der Waals surface area contributed by atoms with Crippen molar-refractivity contribution < 1.29 is 9.59 Å². The molecule has 0 atom stereocenters. The van der Waals surface area contributed by atoms with Gasteiger partial charge in [0.25, 0.3) is 0 Å². The van der Waals surface area contributed by atoms with Crippen LogP contribution in [0.3, 0.4) is 0 Å². The van der Waals surface area contributed by atoms with Crippen LogP contribution in [-0.4, -0.2) is 36.3 Å². The lowest BCUT2D eigenvalue weighted by molar-refractivity contribution is -0.130. The third-order valence-corrected chi connectivity index (χ3v) is 3.38. The van der Waals surface area contributed by atoms with E-state index in [2.05, 4.69) is 17.4 Å². The molecule has 2 rings (SSSR count). The minimum Gasteiger partial charge on any atom is -0.347 e. The molecule has 0 bridgehead atoms. The van der Waals surface area contributed by atoms with Gasteiger partial charge in [-0.15, -0.1) is 0 Å². The summed E-state index contributed by atoms with van der Waals surface area (Å²) in [5.74, 6) is 0.00527. The summed E-state index contributed by atoms with van der Waals surface area (Å²) < 4.78 is 0. The van der Waals surface area contributed by atoms with Crippen LogP contribution in [0.2, 0.25) is 0 Å². The molecule has 4 heteroatoms. The highest BCUT2D eigenvalue weighted by Crippen LogP contribution is 2.06. The fraction of sp³-hybridized carbons (Fsp3) is 0.467. The van der Waals surface area contributed by atoms with E-state index in [0.717, 1.165) is 25.8 Å². The summed E-state index contributed by atoms with van der Waals surface area (Å²) in [6.07, 6.45) is 3.51. The van der Waals surface area contributed by atoms with Crippen molar-refractivity contribution in [2.24, 2.45) is 0 Å². The Balaban J connectivity index is 1.70. The zero-order chi connectivity index (χ0) is 13.5. The summed E-state index contributed by atoms with van der Waals surface area (Å²) in [5.41, 5.74) is 1.33. The van der Waals surface area contributed by atoms with Crippen LogP contribution in [-0.2, 0) is 16.0 Å². The maximum Gasteiger partial charge on any atom is 0.241 e. The summed E-state index contributed by atoms with van der Waals surface area (Å²) in [4.78, 5) is 24.7. The van der Waals surface area contributed by atoms with Crippen molar-refractivity contribution in [3.8, 4) is 0 Å². The number of nitrogens with zero attached hydrogens (tertiary/aromatic N) is 1. The molecule has 2 amide bonds. The maximum atomic E-state index is 11.7. The molecule has 0 unspecified atom stereocenters. The minimum absolute atomic E-state index is 0.0277. The van der Waals surface area contributed by atoms with E-state index >= 15 is 0 Å². The number of hydrogen-bond donors (Lipinski definition) is 1. The van der Waals surface area contributed by atoms with Crippen LogP contribution in [0, 0.1) is 0 Å². The molecule has 4 nitrogen and oxygen atoms in total. The first-order valence-corrected chi connectivity index (χ1v) is 6.84. The zero-order valence-electron chi connectivity index (χ0n) is 11.1. The predicted octanol–water partition coefficient (Wildman–Crippen LogP) is 1.36. The highest BCUT2D eigenvalue weighted by molar-refractivity contribution is 5.87. The molecule has 0 aromatic heterocycles. The van der Waals surface area contributed by atoms with Gasteiger partial charge in [0, 0.05) is 19.5 Å². The Bertz CT molecular complexity index is 431.